The Bertz CT molecular complexity index is 377. The molecule has 3 heteroatoms. The van der Waals surface area contributed by atoms with Crippen molar-refractivity contribution in [3.63, 3.8) is 0 Å². The average molecular weight is 520 g/mol. The summed E-state index contributed by atoms with van der Waals surface area (Å²) in [6, 6.07) is 0. The van der Waals surface area contributed by atoms with Crippen LogP contribution >= 0.6 is 0 Å². The van der Waals surface area contributed by atoms with Crippen LogP contribution in [-0.4, -0.2) is 0 Å². The summed E-state index contributed by atoms with van der Waals surface area (Å²) in [5.41, 5.74) is 5.82. The van der Waals surface area contributed by atoms with E-state index < -0.39 is 0 Å². The molecule has 2 aliphatic carbocycles. The molecule has 0 unspecified atom stereocenters. The zero-order valence-electron chi connectivity index (χ0n) is 15.1. The van der Waals surface area contributed by atoms with E-state index in [0.29, 0.717) is 0 Å². The van der Waals surface area contributed by atoms with E-state index in [2.05, 4.69) is 52.0 Å². The van der Waals surface area contributed by atoms with Gasteiger partial charge in [-0.1, -0.05) is 52.4 Å². The molecule has 0 atom stereocenters. The maximum Gasteiger partial charge on any atom is 4.00 e. The van der Waals surface area contributed by atoms with Crippen LogP contribution in [0.4, 0.5) is 0 Å². The third-order valence-electron chi connectivity index (χ3n) is 3.96. The fourth-order valence-electron chi connectivity index (χ4n) is 2.46. The van der Waals surface area contributed by atoms with Gasteiger partial charge in [-0.05, 0) is 0 Å². The van der Waals surface area contributed by atoms with Gasteiger partial charge in [0.1, 0.15) is 0 Å². The van der Waals surface area contributed by atoms with E-state index >= 15 is 0 Å². The molecule has 0 saturated heterocycles. The van der Waals surface area contributed by atoms with Crippen LogP contribution in [0.5, 0.6) is 0 Å². The molecule has 128 valence electrons. The Hall–Kier alpha value is 0.410. The van der Waals surface area contributed by atoms with Gasteiger partial charge >= 0.3 is 25.8 Å². The zero-order chi connectivity index (χ0) is 14.8. The number of rotatable bonds is 6. The van der Waals surface area contributed by atoms with Crippen molar-refractivity contribution in [3.05, 3.63) is 46.6 Å². The van der Waals surface area contributed by atoms with Gasteiger partial charge in [0.25, 0.3) is 0 Å². The minimum Gasteiger partial charge on any atom is -1.00 e. The maximum atomic E-state index is 3.37. The number of hydrogen-bond acceptors (Lipinski definition) is 0. The fraction of sp³-hybridized carbons (Fsp3) is 0.600. The summed E-state index contributed by atoms with van der Waals surface area (Å²) in [5, 5.41) is 0. The van der Waals surface area contributed by atoms with Crippen molar-refractivity contribution in [2.45, 2.75) is 79.1 Å². The van der Waals surface area contributed by atoms with Crippen molar-refractivity contribution in [2.24, 2.45) is 0 Å². The largest absolute Gasteiger partial charge is 4.00 e. The summed E-state index contributed by atoms with van der Waals surface area (Å²) in [7, 11) is 0. The van der Waals surface area contributed by atoms with Crippen LogP contribution in [-0.2, 0) is 25.8 Å². The van der Waals surface area contributed by atoms with Crippen LogP contribution in [0.15, 0.2) is 34.4 Å². The minimum atomic E-state index is 0. The molecule has 0 radical (unpaired) electrons. The van der Waals surface area contributed by atoms with Gasteiger partial charge in [-0.2, -0.15) is 12.2 Å². The number of allylic oxidation sites excluding steroid dienone is 8. The predicted molar refractivity (Wildman–Crippen MR) is 89.3 cm³/mol. The van der Waals surface area contributed by atoms with Gasteiger partial charge in [0, 0.05) is 0 Å². The molecule has 0 aromatic heterocycles. The summed E-state index contributed by atoms with van der Waals surface area (Å²) >= 11 is 0. The van der Waals surface area contributed by atoms with Crippen LogP contribution < -0.4 is 24.8 Å². The van der Waals surface area contributed by atoms with E-state index in [-0.39, 0.29) is 50.7 Å². The second-order valence-corrected chi connectivity index (χ2v) is 5.70. The Balaban J connectivity index is -0.000000308. The summed E-state index contributed by atoms with van der Waals surface area (Å²) in [4.78, 5) is 0. The number of unbranched alkanes of at least 4 members (excludes halogenated alkanes) is 2. The van der Waals surface area contributed by atoms with E-state index in [9.17, 15) is 0 Å². The van der Waals surface area contributed by atoms with Gasteiger partial charge in [0.05, 0.1) is 0 Å². The first-order valence-corrected chi connectivity index (χ1v) is 8.22. The Kier molecular flexibility index (Phi) is 21.2. The van der Waals surface area contributed by atoms with Gasteiger partial charge in [0.2, 0.25) is 0 Å². The molecule has 2 rings (SSSR count). The van der Waals surface area contributed by atoms with E-state index in [0.717, 1.165) is 12.8 Å². The summed E-state index contributed by atoms with van der Waals surface area (Å²) in [6.07, 6.45) is 21.0. The van der Waals surface area contributed by atoms with E-state index in [1.54, 1.807) is 0 Å². The van der Waals surface area contributed by atoms with Gasteiger partial charge < -0.3 is 24.8 Å². The molecule has 0 saturated carbocycles. The van der Waals surface area contributed by atoms with Crippen LogP contribution in [0.25, 0.3) is 0 Å². The monoisotopic (exact) mass is 520 g/mol. The van der Waals surface area contributed by atoms with Crippen molar-refractivity contribution in [2.75, 3.05) is 0 Å². The summed E-state index contributed by atoms with van der Waals surface area (Å²) < 4.78 is 0. The van der Waals surface area contributed by atoms with Gasteiger partial charge in [0.15, 0.2) is 0 Å². The number of halogens is 2. The van der Waals surface area contributed by atoms with Crippen LogP contribution in [0.1, 0.15) is 79.1 Å². The molecule has 0 nitrogen and oxygen atoms in total. The standard InChI is InChI=1S/2C10H15.2ClH.Hf/c2*1-3-4-7-10-8-5-6-9(10)2;;;/h2*6H,3-5,7H2,1-2H3;2*1H;/q2*-1;;;+4/p-2. The van der Waals surface area contributed by atoms with Crippen molar-refractivity contribution in [1.82, 2.24) is 0 Å². The second-order valence-electron chi connectivity index (χ2n) is 5.70. The first-order chi connectivity index (χ1) is 9.69. The summed E-state index contributed by atoms with van der Waals surface area (Å²) in [5.74, 6) is 0. The topological polar surface area (TPSA) is 0 Å². The molecule has 0 aromatic carbocycles. The molecule has 0 N–H and O–H groups in total. The molecule has 0 spiro atoms. The minimum absolute atomic E-state index is 0. The van der Waals surface area contributed by atoms with Crippen molar-refractivity contribution < 1.29 is 50.7 Å². The Morgan fingerprint density at radius 1 is 0.783 bits per heavy atom. The van der Waals surface area contributed by atoms with Gasteiger partial charge in [-0.15, -0.1) is 26.7 Å². The molecule has 0 amide bonds. The Morgan fingerprint density at radius 3 is 1.35 bits per heavy atom. The van der Waals surface area contributed by atoms with Crippen molar-refractivity contribution in [1.29, 1.82) is 0 Å². The average Bonchev–Trinajstić information content (AvgIpc) is 3.04. The smallest absolute Gasteiger partial charge is 1.00 e. The van der Waals surface area contributed by atoms with E-state index in [1.165, 1.54) is 60.8 Å². The van der Waals surface area contributed by atoms with E-state index in [4.69, 9.17) is 0 Å². The van der Waals surface area contributed by atoms with Gasteiger partial charge in [-0.3, -0.25) is 12.2 Å². The Morgan fingerprint density at radius 2 is 1.13 bits per heavy atom. The zero-order valence-corrected chi connectivity index (χ0v) is 20.2. The van der Waals surface area contributed by atoms with Crippen LogP contribution in [0.3, 0.4) is 0 Å². The van der Waals surface area contributed by atoms with Crippen molar-refractivity contribution in [3.8, 4) is 0 Å². The molecular formula is C20H30Cl2Hf. The molecule has 2 aliphatic rings. The van der Waals surface area contributed by atoms with E-state index in [1.807, 2.05) is 0 Å². The fourth-order valence-corrected chi connectivity index (χ4v) is 2.46. The molecule has 23 heavy (non-hydrogen) atoms. The van der Waals surface area contributed by atoms with Crippen LogP contribution in [0.2, 0.25) is 0 Å². The van der Waals surface area contributed by atoms with Crippen molar-refractivity contribution >= 4 is 0 Å². The summed E-state index contributed by atoms with van der Waals surface area (Å²) in [6.45, 7) is 8.83. The predicted octanol–water partition coefficient (Wildman–Crippen LogP) is 0.518. The molecule has 0 heterocycles. The SMILES string of the molecule is CCCCC1=[C-]CC=C1C.CCCCC1=[C-]CC=C1C.[Cl-].[Cl-].[Hf+4]. The maximum absolute atomic E-state index is 3.37. The third-order valence-corrected chi connectivity index (χ3v) is 3.96. The third kappa shape index (κ3) is 11.6. The Labute approximate surface area is 175 Å². The molecular weight excluding hydrogens is 490 g/mol. The normalized spacial score (nSPS) is 14.8. The molecule has 0 aliphatic heterocycles. The molecule has 0 aromatic rings. The quantitative estimate of drug-likeness (QED) is 0.355. The molecule has 0 bridgehead atoms. The first kappa shape index (κ1) is 28.2. The van der Waals surface area contributed by atoms with Gasteiger partial charge in [-0.25, -0.2) is 22.3 Å². The molecule has 0 fully saturated rings. The first-order valence-electron chi connectivity index (χ1n) is 8.22. The number of hydrogen-bond donors (Lipinski definition) is 0. The second kappa shape index (κ2) is 17.2. The van der Waals surface area contributed by atoms with Crippen LogP contribution in [0, 0.1) is 12.2 Å².